The van der Waals surface area contributed by atoms with Crippen LogP contribution >= 0.6 is 0 Å². The number of rotatable bonds is 7. The Kier molecular flexibility index (Phi) is 7.21. The Morgan fingerprint density at radius 3 is 2.53 bits per heavy atom. The molecule has 1 amide bonds. The normalized spacial score (nSPS) is 14.1. The molecular weight excluding hydrogens is 462 g/mol. The summed E-state index contributed by atoms with van der Waals surface area (Å²) in [4.78, 5) is 15.4. The number of hydrogen-bond acceptors (Lipinski definition) is 4. The Bertz CT molecular complexity index is 1390. The van der Waals surface area contributed by atoms with Crippen molar-refractivity contribution in [1.82, 2.24) is 4.90 Å². The summed E-state index contributed by atoms with van der Waals surface area (Å²) in [5.41, 5.74) is 1.51. The minimum absolute atomic E-state index is 0.105. The molecule has 4 aromatic carbocycles. The summed E-state index contributed by atoms with van der Waals surface area (Å²) in [7, 11) is 0. The van der Waals surface area contributed by atoms with Gasteiger partial charge < -0.3 is 14.8 Å². The number of benzene rings is 4. The van der Waals surface area contributed by atoms with Crippen LogP contribution < -0.4 is 10.1 Å². The lowest BCUT2D eigenvalue weighted by molar-refractivity contribution is 0.0323. The predicted molar refractivity (Wildman–Crippen MR) is 136 cm³/mol. The first kappa shape index (κ1) is 23.9. The summed E-state index contributed by atoms with van der Waals surface area (Å²) in [6, 6.07) is 21.9. The van der Waals surface area contributed by atoms with Crippen molar-refractivity contribution in [3.05, 3.63) is 96.1 Å². The molecule has 0 bridgehead atoms. The van der Waals surface area contributed by atoms with Gasteiger partial charge in [-0.2, -0.15) is 0 Å². The first-order valence-corrected chi connectivity index (χ1v) is 11.9. The smallest absolute Gasteiger partial charge is 0.255 e. The third kappa shape index (κ3) is 5.22. The highest BCUT2D eigenvalue weighted by atomic mass is 19.2. The fourth-order valence-corrected chi connectivity index (χ4v) is 4.36. The average molecular weight is 489 g/mol. The summed E-state index contributed by atoms with van der Waals surface area (Å²) in [5.74, 6) is -1.47. The Morgan fingerprint density at radius 2 is 1.69 bits per heavy atom. The van der Waals surface area contributed by atoms with Gasteiger partial charge in [0.15, 0.2) is 11.6 Å². The van der Waals surface area contributed by atoms with Gasteiger partial charge in [0.2, 0.25) is 0 Å². The molecule has 0 unspecified atom stereocenters. The van der Waals surface area contributed by atoms with E-state index in [4.69, 9.17) is 9.47 Å². The third-order valence-corrected chi connectivity index (χ3v) is 6.29. The number of nitrogens with one attached hydrogen (secondary N) is 1. The molecule has 5 nitrogen and oxygen atoms in total. The molecule has 5 rings (SSSR count). The lowest BCUT2D eigenvalue weighted by Gasteiger charge is -2.26. The zero-order valence-corrected chi connectivity index (χ0v) is 19.7. The molecule has 1 aliphatic rings. The van der Waals surface area contributed by atoms with Crippen LogP contribution in [0.1, 0.15) is 10.4 Å². The Morgan fingerprint density at radius 1 is 0.917 bits per heavy atom. The van der Waals surface area contributed by atoms with Crippen molar-refractivity contribution in [2.45, 2.75) is 0 Å². The maximum atomic E-state index is 14.3. The van der Waals surface area contributed by atoms with Crippen molar-refractivity contribution in [1.29, 1.82) is 0 Å². The van der Waals surface area contributed by atoms with Crippen LogP contribution in [0.5, 0.6) is 5.75 Å². The molecule has 0 aliphatic carbocycles. The minimum atomic E-state index is -0.940. The standard InChI is InChI=1S/C29H26F2N2O3/c30-25-10-4-9-22(28(25)31)20-5-3-6-21(19-20)29(34)32-26-11-12-27(24-8-2-1-7-23(24)26)36-18-15-33-13-16-35-17-14-33/h1-12,19H,13-18H2,(H,32,34). The van der Waals surface area contributed by atoms with Crippen molar-refractivity contribution in [2.75, 3.05) is 44.8 Å². The number of amides is 1. The van der Waals surface area contributed by atoms with Gasteiger partial charge in [-0.3, -0.25) is 9.69 Å². The number of fused-ring (bicyclic) bond motifs is 1. The molecule has 0 atom stereocenters. The van der Waals surface area contributed by atoms with Crippen molar-refractivity contribution in [3.8, 4) is 16.9 Å². The number of hydrogen-bond donors (Lipinski definition) is 1. The molecule has 1 aliphatic heterocycles. The molecule has 0 radical (unpaired) electrons. The molecule has 1 fully saturated rings. The number of halogens is 2. The molecule has 1 heterocycles. The molecular formula is C29H26F2N2O3. The third-order valence-electron chi connectivity index (χ3n) is 6.29. The van der Waals surface area contributed by atoms with Crippen LogP contribution in [0.25, 0.3) is 21.9 Å². The van der Waals surface area contributed by atoms with E-state index >= 15 is 0 Å². The predicted octanol–water partition coefficient (Wildman–Crippen LogP) is 5.75. The molecule has 36 heavy (non-hydrogen) atoms. The molecule has 184 valence electrons. The largest absolute Gasteiger partial charge is 0.492 e. The molecule has 0 spiro atoms. The zero-order valence-electron chi connectivity index (χ0n) is 19.7. The second-order valence-electron chi connectivity index (χ2n) is 8.60. The fraction of sp³-hybridized carbons (Fsp3) is 0.207. The van der Waals surface area contributed by atoms with Gasteiger partial charge in [-0.15, -0.1) is 0 Å². The maximum Gasteiger partial charge on any atom is 0.255 e. The van der Waals surface area contributed by atoms with E-state index in [9.17, 15) is 13.6 Å². The monoisotopic (exact) mass is 488 g/mol. The van der Waals surface area contributed by atoms with E-state index in [0.717, 1.165) is 55.4 Å². The van der Waals surface area contributed by atoms with E-state index < -0.39 is 11.6 Å². The number of anilines is 1. The molecule has 0 aromatic heterocycles. The molecule has 0 saturated carbocycles. The minimum Gasteiger partial charge on any atom is -0.492 e. The maximum absolute atomic E-state index is 14.3. The van der Waals surface area contributed by atoms with Crippen molar-refractivity contribution in [2.24, 2.45) is 0 Å². The second kappa shape index (κ2) is 10.8. The van der Waals surface area contributed by atoms with Crippen LogP contribution in [0.4, 0.5) is 14.5 Å². The van der Waals surface area contributed by atoms with Crippen molar-refractivity contribution >= 4 is 22.4 Å². The van der Waals surface area contributed by atoms with Gasteiger partial charge >= 0.3 is 0 Å². The second-order valence-corrected chi connectivity index (χ2v) is 8.60. The summed E-state index contributed by atoms with van der Waals surface area (Å²) in [5, 5.41) is 4.70. The van der Waals surface area contributed by atoms with E-state index in [2.05, 4.69) is 10.2 Å². The molecule has 1 N–H and O–H groups in total. The van der Waals surface area contributed by atoms with Crippen molar-refractivity contribution < 1.29 is 23.0 Å². The number of ether oxygens (including phenoxy) is 2. The SMILES string of the molecule is O=C(Nc1ccc(OCCN2CCOCC2)c2ccccc12)c1cccc(-c2cccc(F)c2F)c1. The van der Waals surface area contributed by atoms with E-state index in [-0.39, 0.29) is 11.5 Å². The van der Waals surface area contributed by atoms with E-state index in [0.29, 0.717) is 23.4 Å². The quantitative estimate of drug-likeness (QED) is 0.360. The van der Waals surface area contributed by atoms with Gasteiger partial charge in [0.1, 0.15) is 12.4 Å². The van der Waals surface area contributed by atoms with Gasteiger partial charge in [0.25, 0.3) is 5.91 Å². The molecule has 4 aromatic rings. The van der Waals surface area contributed by atoms with Gasteiger partial charge in [0.05, 0.1) is 13.2 Å². The lowest BCUT2D eigenvalue weighted by atomic mass is 10.0. The van der Waals surface area contributed by atoms with E-state index in [1.165, 1.54) is 12.1 Å². The zero-order chi connectivity index (χ0) is 24.9. The first-order chi connectivity index (χ1) is 17.6. The first-order valence-electron chi connectivity index (χ1n) is 11.9. The van der Waals surface area contributed by atoms with Crippen LogP contribution in [0.3, 0.4) is 0 Å². The molecule has 1 saturated heterocycles. The summed E-state index contributed by atoms with van der Waals surface area (Å²) < 4.78 is 39.5. The van der Waals surface area contributed by atoms with Crippen LogP contribution in [0, 0.1) is 11.6 Å². The van der Waals surface area contributed by atoms with Crippen LogP contribution in [0.2, 0.25) is 0 Å². The van der Waals surface area contributed by atoms with Gasteiger partial charge in [-0.05, 0) is 35.9 Å². The highest BCUT2D eigenvalue weighted by Crippen LogP contribution is 2.32. The van der Waals surface area contributed by atoms with Gasteiger partial charge in [-0.1, -0.05) is 48.5 Å². The highest BCUT2D eigenvalue weighted by Gasteiger charge is 2.15. The summed E-state index contributed by atoms with van der Waals surface area (Å²) in [6.45, 7) is 4.68. The van der Waals surface area contributed by atoms with Gasteiger partial charge in [-0.25, -0.2) is 8.78 Å². The fourth-order valence-electron chi connectivity index (χ4n) is 4.36. The topological polar surface area (TPSA) is 50.8 Å². The summed E-state index contributed by atoms with van der Waals surface area (Å²) in [6.07, 6.45) is 0. The van der Waals surface area contributed by atoms with E-state index in [1.807, 2.05) is 36.4 Å². The number of carbonyl (C=O) groups is 1. The highest BCUT2D eigenvalue weighted by molar-refractivity contribution is 6.10. The lowest BCUT2D eigenvalue weighted by Crippen LogP contribution is -2.38. The Balaban J connectivity index is 1.34. The van der Waals surface area contributed by atoms with Crippen LogP contribution in [0.15, 0.2) is 78.9 Å². The van der Waals surface area contributed by atoms with Gasteiger partial charge in [0, 0.05) is 47.2 Å². The Hall–Kier alpha value is -3.81. The number of morpholine rings is 1. The summed E-state index contributed by atoms with van der Waals surface area (Å²) >= 11 is 0. The van der Waals surface area contributed by atoms with Crippen LogP contribution in [-0.4, -0.2) is 50.3 Å². The Labute approximate surface area is 208 Å². The average Bonchev–Trinajstić information content (AvgIpc) is 2.92. The number of nitrogens with zero attached hydrogens (tertiary/aromatic N) is 1. The van der Waals surface area contributed by atoms with Crippen molar-refractivity contribution in [3.63, 3.8) is 0 Å². The molecule has 7 heteroatoms. The number of carbonyl (C=O) groups excluding carboxylic acids is 1. The van der Waals surface area contributed by atoms with E-state index in [1.54, 1.807) is 24.3 Å². The van der Waals surface area contributed by atoms with Crippen LogP contribution in [-0.2, 0) is 4.74 Å².